The molecule has 0 fully saturated rings. The molecule has 0 aliphatic heterocycles. The van der Waals surface area contributed by atoms with E-state index >= 15 is 0 Å². The minimum absolute atomic E-state index is 0.193. The van der Waals surface area contributed by atoms with Crippen LogP contribution in [0.4, 0.5) is 0 Å². The molecule has 5 nitrogen and oxygen atoms in total. The van der Waals surface area contributed by atoms with Gasteiger partial charge < -0.3 is 0 Å². The zero-order valence-corrected chi connectivity index (χ0v) is 18.2. The third-order valence-corrected chi connectivity index (χ3v) is 6.54. The van der Waals surface area contributed by atoms with Gasteiger partial charge in [0.15, 0.2) is 5.78 Å². The van der Waals surface area contributed by atoms with Gasteiger partial charge in [-0.1, -0.05) is 36.2 Å². The lowest BCUT2D eigenvalue weighted by molar-refractivity contribution is 0.0972. The van der Waals surface area contributed by atoms with E-state index in [1.54, 1.807) is 54.6 Å². The topological polar surface area (TPSA) is 61.1 Å². The first-order valence-corrected chi connectivity index (χ1v) is 10.8. The Bertz CT molecular complexity index is 1380. The molecule has 0 aliphatic rings. The van der Waals surface area contributed by atoms with Crippen LogP contribution in [0.25, 0.3) is 15.9 Å². The highest BCUT2D eigenvalue weighted by atomic mass is 35.5. The van der Waals surface area contributed by atoms with E-state index in [1.807, 2.05) is 6.92 Å². The summed E-state index contributed by atoms with van der Waals surface area (Å²) in [4.78, 5) is 40.8. The van der Waals surface area contributed by atoms with Crippen LogP contribution in [0.5, 0.6) is 0 Å². The molecule has 0 bridgehead atoms. The maximum absolute atomic E-state index is 13.4. The van der Waals surface area contributed by atoms with Crippen LogP contribution in [0.2, 0.25) is 10.0 Å². The monoisotopic (exact) mass is 458 g/mol. The van der Waals surface area contributed by atoms with Gasteiger partial charge in [0, 0.05) is 20.5 Å². The molecule has 0 radical (unpaired) electrons. The number of ketones is 1. The molecule has 0 atom stereocenters. The first-order chi connectivity index (χ1) is 14.4. The van der Waals surface area contributed by atoms with Crippen LogP contribution in [0.15, 0.2) is 64.2 Å². The van der Waals surface area contributed by atoms with Gasteiger partial charge in [-0.2, -0.15) is 0 Å². The van der Waals surface area contributed by atoms with E-state index in [1.165, 1.54) is 15.9 Å². The molecule has 30 heavy (non-hydrogen) atoms. The van der Waals surface area contributed by atoms with Crippen LogP contribution in [-0.2, 0) is 13.0 Å². The quantitative estimate of drug-likeness (QED) is 0.396. The minimum atomic E-state index is -0.582. The molecule has 0 amide bonds. The highest BCUT2D eigenvalue weighted by Gasteiger charge is 2.19. The maximum atomic E-state index is 13.4. The van der Waals surface area contributed by atoms with Gasteiger partial charge >= 0.3 is 5.69 Å². The van der Waals surface area contributed by atoms with Gasteiger partial charge in [0.2, 0.25) is 0 Å². The number of benzene rings is 2. The third-order valence-electron chi connectivity index (χ3n) is 4.75. The zero-order chi connectivity index (χ0) is 21.4. The molecule has 0 unspecified atom stereocenters. The molecular weight excluding hydrogens is 443 g/mol. The summed E-state index contributed by atoms with van der Waals surface area (Å²) in [6.45, 7) is 1.78. The first kappa shape index (κ1) is 20.6. The lowest BCUT2D eigenvalue weighted by atomic mass is 10.1. The minimum Gasteiger partial charge on any atom is -0.292 e. The molecular formula is C22H16Cl2N2O3S. The maximum Gasteiger partial charge on any atom is 0.337 e. The van der Waals surface area contributed by atoms with Gasteiger partial charge in [-0.05, 0) is 55.0 Å². The van der Waals surface area contributed by atoms with Crippen LogP contribution in [0.1, 0.15) is 22.2 Å². The second kappa shape index (κ2) is 8.22. The second-order valence-electron chi connectivity index (χ2n) is 6.70. The van der Waals surface area contributed by atoms with Crippen molar-refractivity contribution in [2.75, 3.05) is 0 Å². The lowest BCUT2D eigenvalue weighted by Gasteiger charge is -2.12. The summed E-state index contributed by atoms with van der Waals surface area (Å²) in [5.41, 5.74) is -0.214. The van der Waals surface area contributed by atoms with Crippen molar-refractivity contribution >= 4 is 50.5 Å². The number of fused-ring (bicyclic) bond motifs is 1. The Labute approximate surface area is 185 Å². The number of hydrogen-bond acceptors (Lipinski definition) is 4. The lowest BCUT2D eigenvalue weighted by Crippen LogP contribution is -2.39. The molecule has 0 spiro atoms. The highest BCUT2D eigenvalue weighted by molar-refractivity contribution is 7.18. The third kappa shape index (κ3) is 3.74. The SMILES string of the molecule is CCc1cc2c(=O)n(-c3cccc(Cl)c3)c(=O)n(CC(=O)c3ccc(Cl)cc3)c2s1. The molecule has 8 heteroatoms. The Balaban J connectivity index is 1.94. The summed E-state index contributed by atoms with van der Waals surface area (Å²) >= 11 is 13.3. The van der Waals surface area contributed by atoms with E-state index in [2.05, 4.69) is 0 Å². The number of aromatic nitrogens is 2. The Morgan fingerprint density at radius 3 is 2.40 bits per heavy atom. The van der Waals surface area contributed by atoms with E-state index in [4.69, 9.17) is 23.2 Å². The predicted molar refractivity (Wildman–Crippen MR) is 122 cm³/mol. The van der Waals surface area contributed by atoms with Crippen LogP contribution >= 0.6 is 34.5 Å². The molecule has 152 valence electrons. The van der Waals surface area contributed by atoms with Crippen molar-refractivity contribution in [3.63, 3.8) is 0 Å². The fourth-order valence-corrected chi connectivity index (χ4v) is 4.62. The van der Waals surface area contributed by atoms with Crippen molar-refractivity contribution in [2.45, 2.75) is 19.9 Å². The van der Waals surface area contributed by atoms with Gasteiger partial charge in [-0.25, -0.2) is 9.36 Å². The Hall–Kier alpha value is -2.67. The normalized spacial score (nSPS) is 11.2. The second-order valence-corrected chi connectivity index (χ2v) is 8.69. The Morgan fingerprint density at radius 2 is 1.73 bits per heavy atom. The Morgan fingerprint density at radius 1 is 1.00 bits per heavy atom. The van der Waals surface area contributed by atoms with Gasteiger partial charge in [0.05, 0.1) is 17.6 Å². The van der Waals surface area contributed by atoms with Crippen molar-refractivity contribution in [1.82, 2.24) is 9.13 Å². The molecule has 0 saturated carbocycles. The molecule has 4 aromatic rings. The van der Waals surface area contributed by atoms with Gasteiger partial charge in [-0.15, -0.1) is 11.3 Å². The number of carbonyl (C=O) groups is 1. The molecule has 2 aromatic heterocycles. The molecule has 2 heterocycles. The van der Waals surface area contributed by atoms with Crippen LogP contribution in [0.3, 0.4) is 0 Å². The number of carbonyl (C=O) groups excluding carboxylic acids is 1. The van der Waals surface area contributed by atoms with Crippen molar-refractivity contribution in [3.8, 4) is 5.69 Å². The number of hydrogen-bond donors (Lipinski definition) is 0. The van der Waals surface area contributed by atoms with Crippen LogP contribution in [0, 0.1) is 0 Å². The van der Waals surface area contributed by atoms with Crippen LogP contribution in [-0.4, -0.2) is 14.9 Å². The number of Topliss-reactive ketones (excluding diaryl/α,β-unsaturated/α-hetero) is 1. The van der Waals surface area contributed by atoms with Crippen LogP contribution < -0.4 is 11.2 Å². The fraction of sp³-hybridized carbons (Fsp3) is 0.136. The standard InChI is InChI=1S/C22H16Cl2N2O3S/c1-2-17-11-18-20(28)26(16-5-3-4-15(24)10-16)22(29)25(21(18)30-17)12-19(27)13-6-8-14(23)9-7-13/h3-11H,2,12H2,1H3. The fourth-order valence-electron chi connectivity index (χ4n) is 3.23. The molecule has 0 aliphatic carbocycles. The largest absolute Gasteiger partial charge is 0.337 e. The van der Waals surface area contributed by atoms with E-state index in [9.17, 15) is 14.4 Å². The van der Waals surface area contributed by atoms with Gasteiger partial charge in [0.25, 0.3) is 5.56 Å². The van der Waals surface area contributed by atoms with Gasteiger partial charge in [-0.3, -0.25) is 14.2 Å². The van der Waals surface area contributed by atoms with Crippen molar-refractivity contribution in [1.29, 1.82) is 0 Å². The average molecular weight is 459 g/mol. The van der Waals surface area contributed by atoms with Gasteiger partial charge in [0.1, 0.15) is 4.83 Å². The van der Waals surface area contributed by atoms with Crippen molar-refractivity contribution < 1.29 is 4.79 Å². The number of halogens is 2. The molecule has 0 N–H and O–H groups in total. The molecule has 0 saturated heterocycles. The summed E-state index contributed by atoms with van der Waals surface area (Å²) in [7, 11) is 0. The molecule has 4 rings (SSSR count). The van der Waals surface area contributed by atoms with E-state index < -0.39 is 11.2 Å². The van der Waals surface area contributed by atoms with E-state index in [0.29, 0.717) is 31.5 Å². The number of thiophene rings is 1. The number of aryl methyl sites for hydroxylation is 1. The molecule has 2 aromatic carbocycles. The highest BCUT2D eigenvalue weighted by Crippen LogP contribution is 2.24. The summed E-state index contributed by atoms with van der Waals surface area (Å²) in [6, 6.07) is 14.8. The van der Waals surface area contributed by atoms with Crippen molar-refractivity contribution in [2.24, 2.45) is 0 Å². The predicted octanol–water partition coefficient (Wildman–Crippen LogP) is 4.97. The number of rotatable bonds is 5. The summed E-state index contributed by atoms with van der Waals surface area (Å²) < 4.78 is 2.42. The smallest absolute Gasteiger partial charge is 0.292 e. The zero-order valence-electron chi connectivity index (χ0n) is 15.9. The Kier molecular flexibility index (Phi) is 5.64. The van der Waals surface area contributed by atoms with Crippen molar-refractivity contribution in [3.05, 3.63) is 95.9 Å². The van der Waals surface area contributed by atoms with E-state index in [-0.39, 0.29) is 12.3 Å². The number of nitrogens with zero attached hydrogens (tertiary/aromatic N) is 2. The van der Waals surface area contributed by atoms with E-state index in [0.717, 1.165) is 15.9 Å². The average Bonchev–Trinajstić information content (AvgIpc) is 3.16. The summed E-state index contributed by atoms with van der Waals surface area (Å²) in [5.74, 6) is -0.252. The first-order valence-electron chi connectivity index (χ1n) is 9.22. The summed E-state index contributed by atoms with van der Waals surface area (Å²) in [6.07, 6.45) is 0.718. The summed E-state index contributed by atoms with van der Waals surface area (Å²) in [5, 5.41) is 1.33.